The van der Waals surface area contributed by atoms with E-state index in [1.165, 1.54) is 0 Å². The number of carboxylic acid groups (broad SMARTS) is 1. The van der Waals surface area contributed by atoms with Crippen LogP contribution in [0.2, 0.25) is 0 Å². The standard InChI is InChI=1S/C12H22N2O3/c1-9-2-5-12(6-3-9,11(16)17)8-14-10(15)4-7-13/h9H,2-8,13H2,1H3,(H,14,15)(H,16,17). The summed E-state index contributed by atoms with van der Waals surface area (Å²) in [5, 5.41) is 12.0. The van der Waals surface area contributed by atoms with E-state index in [9.17, 15) is 14.7 Å². The van der Waals surface area contributed by atoms with Gasteiger partial charge >= 0.3 is 5.97 Å². The molecule has 5 nitrogen and oxygen atoms in total. The summed E-state index contributed by atoms with van der Waals surface area (Å²) in [6.07, 6.45) is 3.38. The van der Waals surface area contributed by atoms with Gasteiger partial charge in [0.2, 0.25) is 5.91 Å². The lowest BCUT2D eigenvalue weighted by Crippen LogP contribution is -2.45. The van der Waals surface area contributed by atoms with Crippen LogP contribution in [0.4, 0.5) is 0 Å². The predicted octanol–water partition coefficient (Wildman–Crippen LogP) is 0.733. The van der Waals surface area contributed by atoms with Crippen molar-refractivity contribution >= 4 is 11.9 Å². The van der Waals surface area contributed by atoms with E-state index in [-0.39, 0.29) is 18.9 Å². The van der Waals surface area contributed by atoms with Crippen LogP contribution in [0.3, 0.4) is 0 Å². The third-order valence-electron chi connectivity index (χ3n) is 3.68. The van der Waals surface area contributed by atoms with Gasteiger partial charge in [-0.2, -0.15) is 0 Å². The highest BCUT2D eigenvalue weighted by Gasteiger charge is 2.41. The fraction of sp³-hybridized carbons (Fsp3) is 0.833. The lowest BCUT2D eigenvalue weighted by Gasteiger charge is -2.35. The molecule has 0 radical (unpaired) electrons. The predicted molar refractivity (Wildman–Crippen MR) is 64.4 cm³/mol. The smallest absolute Gasteiger partial charge is 0.311 e. The number of hydrogen-bond acceptors (Lipinski definition) is 3. The van der Waals surface area contributed by atoms with Gasteiger partial charge in [-0.1, -0.05) is 6.92 Å². The summed E-state index contributed by atoms with van der Waals surface area (Å²) in [5.41, 5.74) is 4.50. The van der Waals surface area contributed by atoms with Crippen molar-refractivity contribution in [1.29, 1.82) is 0 Å². The van der Waals surface area contributed by atoms with E-state index in [1.54, 1.807) is 0 Å². The highest BCUT2D eigenvalue weighted by atomic mass is 16.4. The van der Waals surface area contributed by atoms with Gasteiger partial charge in [-0.25, -0.2) is 0 Å². The second kappa shape index (κ2) is 6.00. The molecule has 0 unspecified atom stereocenters. The Balaban J connectivity index is 2.54. The minimum atomic E-state index is -0.794. The number of nitrogens with two attached hydrogens (primary N) is 1. The molecule has 0 heterocycles. The third-order valence-corrected chi connectivity index (χ3v) is 3.68. The SMILES string of the molecule is CC1CCC(CNC(=O)CCN)(C(=O)O)CC1. The van der Waals surface area contributed by atoms with Crippen molar-refractivity contribution in [3.8, 4) is 0 Å². The molecule has 1 fully saturated rings. The lowest BCUT2D eigenvalue weighted by atomic mass is 9.71. The molecule has 98 valence electrons. The summed E-state index contributed by atoms with van der Waals surface area (Å²) >= 11 is 0. The number of carboxylic acids is 1. The molecule has 0 saturated heterocycles. The van der Waals surface area contributed by atoms with Crippen molar-refractivity contribution in [2.45, 2.75) is 39.0 Å². The molecule has 0 spiro atoms. The Bertz CT molecular complexity index is 283. The van der Waals surface area contributed by atoms with E-state index in [4.69, 9.17) is 5.73 Å². The second-order valence-electron chi connectivity index (χ2n) is 5.08. The van der Waals surface area contributed by atoms with Gasteiger partial charge in [0.05, 0.1) is 5.41 Å². The maximum Gasteiger partial charge on any atom is 0.311 e. The van der Waals surface area contributed by atoms with E-state index in [0.717, 1.165) is 12.8 Å². The van der Waals surface area contributed by atoms with E-state index < -0.39 is 11.4 Å². The van der Waals surface area contributed by atoms with Crippen molar-refractivity contribution in [3.63, 3.8) is 0 Å². The normalized spacial score (nSPS) is 28.7. The molecule has 1 aliphatic carbocycles. The van der Waals surface area contributed by atoms with E-state index in [1.807, 2.05) is 0 Å². The van der Waals surface area contributed by atoms with Gasteiger partial charge < -0.3 is 16.2 Å². The van der Waals surface area contributed by atoms with Gasteiger partial charge in [0.1, 0.15) is 0 Å². The second-order valence-corrected chi connectivity index (χ2v) is 5.08. The first-order chi connectivity index (χ1) is 8.00. The largest absolute Gasteiger partial charge is 0.481 e. The molecule has 17 heavy (non-hydrogen) atoms. The maximum absolute atomic E-state index is 11.4. The van der Waals surface area contributed by atoms with Crippen molar-refractivity contribution in [2.24, 2.45) is 17.1 Å². The Labute approximate surface area is 102 Å². The van der Waals surface area contributed by atoms with Crippen LogP contribution >= 0.6 is 0 Å². The molecule has 4 N–H and O–H groups in total. The van der Waals surface area contributed by atoms with Gasteiger partial charge in [0.15, 0.2) is 0 Å². The zero-order valence-corrected chi connectivity index (χ0v) is 10.4. The third kappa shape index (κ3) is 3.70. The summed E-state index contributed by atoms with van der Waals surface area (Å²) in [6, 6.07) is 0. The number of aliphatic carboxylic acids is 1. The van der Waals surface area contributed by atoms with E-state index in [0.29, 0.717) is 25.3 Å². The molecule has 0 bridgehead atoms. The Morgan fingerprint density at radius 3 is 2.47 bits per heavy atom. The first-order valence-corrected chi connectivity index (χ1v) is 6.20. The summed E-state index contributed by atoms with van der Waals surface area (Å²) in [5.74, 6) is -0.369. The Morgan fingerprint density at radius 2 is 2.00 bits per heavy atom. The Hall–Kier alpha value is -1.10. The number of amides is 1. The van der Waals surface area contributed by atoms with Gasteiger partial charge in [-0.15, -0.1) is 0 Å². The molecule has 1 aliphatic rings. The average Bonchev–Trinajstić information content (AvgIpc) is 2.29. The quantitative estimate of drug-likeness (QED) is 0.662. The zero-order chi connectivity index (χ0) is 12.9. The van der Waals surface area contributed by atoms with Crippen LogP contribution in [0.5, 0.6) is 0 Å². The lowest BCUT2D eigenvalue weighted by molar-refractivity contribution is -0.151. The average molecular weight is 242 g/mol. The van der Waals surface area contributed by atoms with Gasteiger partial charge in [0, 0.05) is 19.5 Å². The van der Waals surface area contributed by atoms with Crippen LogP contribution in [-0.2, 0) is 9.59 Å². The Kier molecular flexibility index (Phi) is 4.93. The zero-order valence-electron chi connectivity index (χ0n) is 10.4. The molecule has 5 heteroatoms. The van der Waals surface area contributed by atoms with Gasteiger partial charge in [0.25, 0.3) is 0 Å². The molecular weight excluding hydrogens is 220 g/mol. The highest BCUT2D eigenvalue weighted by molar-refractivity contribution is 5.79. The number of carbonyl (C=O) groups is 2. The first kappa shape index (κ1) is 14.0. The van der Waals surface area contributed by atoms with Crippen molar-refractivity contribution < 1.29 is 14.7 Å². The molecule has 0 aromatic carbocycles. The van der Waals surface area contributed by atoms with Crippen molar-refractivity contribution in [3.05, 3.63) is 0 Å². The van der Waals surface area contributed by atoms with Crippen LogP contribution in [0.25, 0.3) is 0 Å². The summed E-state index contributed by atoms with van der Waals surface area (Å²) in [6.45, 7) is 2.66. The fourth-order valence-electron chi connectivity index (χ4n) is 2.27. The van der Waals surface area contributed by atoms with Crippen molar-refractivity contribution in [1.82, 2.24) is 5.32 Å². The molecule has 0 aliphatic heterocycles. The summed E-state index contributed by atoms with van der Waals surface area (Å²) in [7, 11) is 0. The van der Waals surface area contributed by atoms with E-state index in [2.05, 4.69) is 12.2 Å². The van der Waals surface area contributed by atoms with Crippen LogP contribution in [-0.4, -0.2) is 30.1 Å². The molecule has 1 saturated carbocycles. The molecule has 1 rings (SSSR count). The Morgan fingerprint density at radius 1 is 1.41 bits per heavy atom. The molecular formula is C12H22N2O3. The minimum Gasteiger partial charge on any atom is -0.481 e. The molecule has 0 atom stereocenters. The van der Waals surface area contributed by atoms with Crippen molar-refractivity contribution in [2.75, 3.05) is 13.1 Å². The van der Waals surface area contributed by atoms with Crippen LogP contribution in [0.1, 0.15) is 39.0 Å². The maximum atomic E-state index is 11.4. The van der Waals surface area contributed by atoms with Crippen LogP contribution in [0.15, 0.2) is 0 Å². The van der Waals surface area contributed by atoms with Gasteiger partial charge in [-0.05, 0) is 31.6 Å². The summed E-state index contributed by atoms with van der Waals surface area (Å²) in [4.78, 5) is 22.7. The molecule has 0 aromatic heterocycles. The van der Waals surface area contributed by atoms with Crippen LogP contribution < -0.4 is 11.1 Å². The fourth-order valence-corrected chi connectivity index (χ4v) is 2.27. The van der Waals surface area contributed by atoms with Gasteiger partial charge in [-0.3, -0.25) is 9.59 Å². The molecule has 1 amide bonds. The topological polar surface area (TPSA) is 92.4 Å². The minimum absolute atomic E-state index is 0.160. The number of rotatable bonds is 5. The monoisotopic (exact) mass is 242 g/mol. The number of nitrogens with one attached hydrogen (secondary N) is 1. The van der Waals surface area contributed by atoms with E-state index >= 15 is 0 Å². The summed E-state index contributed by atoms with van der Waals surface area (Å²) < 4.78 is 0. The number of hydrogen-bond donors (Lipinski definition) is 3. The first-order valence-electron chi connectivity index (χ1n) is 6.20. The molecule has 0 aromatic rings. The number of carbonyl (C=O) groups excluding carboxylic acids is 1. The highest BCUT2D eigenvalue weighted by Crippen LogP contribution is 2.38. The van der Waals surface area contributed by atoms with Crippen LogP contribution in [0, 0.1) is 11.3 Å².